The van der Waals surface area contributed by atoms with Crippen molar-refractivity contribution in [1.29, 1.82) is 0 Å². The first-order valence-corrected chi connectivity index (χ1v) is 5.62. The monoisotopic (exact) mass is 252 g/mol. The highest BCUT2D eigenvalue weighted by molar-refractivity contribution is 5.35. The van der Waals surface area contributed by atoms with Crippen LogP contribution in [0, 0.1) is 11.6 Å². The van der Waals surface area contributed by atoms with Gasteiger partial charge in [-0.1, -0.05) is 25.1 Å². The Morgan fingerprint density at radius 2 is 2.06 bits per heavy atom. The molecule has 96 valence electrons. The fourth-order valence-electron chi connectivity index (χ4n) is 1.86. The van der Waals surface area contributed by atoms with Crippen molar-refractivity contribution >= 4 is 5.82 Å². The fourth-order valence-corrected chi connectivity index (χ4v) is 1.86. The molecule has 0 bridgehead atoms. The summed E-state index contributed by atoms with van der Waals surface area (Å²) in [4.78, 5) is 0. The van der Waals surface area contributed by atoms with Gasteiger partial charge in [0.2, 0.25) is 0 Å². The quantitative estimate of drug-likeness (QED) is 0.912. The van der Waals surface area contributed by atoms with Crippen LogP contribution >= 0.6 is 0 Å². The van der Waals surface area contributed by atoms with Gasteiger partial charge in [0.05, 0.1) is 12.2 Å². The second kappa shape index (κ2) is 4.72. The zero-order valence-corrected chi connectivity index (χ0v) is 10.2. The van der Waals surface area contributed by atoms with Gasteiger partial charge in [-0.2, -0.15) is 0 Å². The Bertz CT molecular complexity index is 563. The molecule has 0 atom stereocenters. The highest BCUT2D eigenvalue weighted by Crippen LogP contribution is 2.20. The number of rotatable bonds is 3. The smallest absolute Gasteiger partial charge is 0.169 e. The van der Waals surface area contributed by atoms with E-state index in [-0.39, 0.29) is 12.5 Å². The molecular formula is C12H14F2N4. The lowest BCUT2D eigenvalue weighted by Crippen LogP contribution is -2.10. The van der Waals surface area contributed by atoms with Gasteiger partial charge in [0, 0.05) is 11.6 Å². The molecule has 1 heterocycles. The molecule has 0 radical (unpaired) electrons. The Labute approximate surface area is 103 Å². The number of hydrogen-bond donors (Lipinski definition) is 1. The first-order chi connectivity index (χ1) is 8.49. The number of nitrogens with zero attached hydrogens (tertiary/aromatic N) is 3. The van der Waals surface area contributed by atoms with E-state index in [2.05, 4.69) is 10.3 Å². The van der Waals surface area contributed by atoms with E-state index in [4.69, 9.17) is 5.73 Å². The van der Waals surface area contributed by atoms with Crippen LogP contribution in [0.1, 0.15) is 31.0 Å². The molecule has 0 spiro atoms. The van der Waals surface area contributed by atoms with E-state index in [0.29, 0.717) is 11.4 Å². The maximum atomic E-state index is 13.5. The maximum absolute atomic E-state index is 13.5. The van der Waals surface area contributed by atoms with Crippen LogP contribution in [0.15, 0.2) is 18.2 Å². The summed E-state index contributed by atoms with van der Waals surface area (Å²) in [6, 6.07) is 3.46. The third-order valence-electron chi connectivity index (χ3n) is 2.68. The summed E-state index contributed by atoms with van der Waals surface area (Å²) >= 11 is 0. The van der Waals surface area contributed by atoms with Crippen LogP contribution in [0.4, 0.5) is 14.6 Å². The lowest BCUT2D eigenvalue weighted by atomic mass is 10.1. The molecule has 0 saturated heterocycles. The molecule has 1 aromatic carbocycles. The van der Waals surface area contributed by atoms with Crippen molar-refractivity contribution < 1.29 is 8.78 Å². The Hall–Kier alpha value is -1.98. The largest absolute Gasteiger partial charge is 0.381 e. The van der Waals surface area contributed by atoms with E-state index in [0.717, 1.165) is 11.8 Å². The highest BCUT2D eigenvalue weighted by atomic mass is 19.1. The number of hydrogen-bond acceptors (Lipinski definition) is 3. The van der Waals surface area contributed by atoms with Gasteiger partial charge in [-0.3, -0.25) is 0 Å². The van der Waals surface area contributed by atoms with E-state index in [1.54, 1.807) is 0 Å². The summed E-state index contributed by atoms with van der Waals surface area (Å²) in [6.45, 7) is 4.09. The van der Waals surface area contributed by atoms with Crippen LogP contribution < -0.4 is 5.73 Å². The standard InChI is InChI=1S/C12H14F2N4/c1-7(2)11-12(15)16-17-18(11)6-8-3-4-9(13)5-10(8)14/h3-5,7H,6,15H2,1-2H3. The Morgan fingerprint density at radius 3 is 2.67 bits per heavy atom. The van der Waals surface area contributed by atoms with Gasteiger partial charge in [-0.25, -0.2) is 13.5 Å². The molecule has 6 heteroatoms. The van der Waals surface area contributed by atoms with Crippen LogP contribution in [0.5, 0.6) is 0 Å². The van der Waals surface area contributed by atoms with Crippen molar-refractivity contribution in [2.75, 3.05) is 5.73 Å². The Morgan fingerprint density at radius 1 is 1.33 bits per heavy atom. The summed E-state index contributed by atoms with van der Waals surface area (Å²) in [5.41, 5.74) is 6.81. The predicted molar refractivity (Wildman–Crippen MR) is 64.0 cm³/mol. The predicted octanol–water partition coefficient (Wildman–Crippen LogP) is 2.31. The summed E-state index contributed by atoms with van der Waals surface area (Å²) < 4.78 is 27.9. The van der Waals surface area contributed by atoms with Gasteiger partial charge >= 0.3 is 0 Å². The average molecular weight is 252 g/mol. The molecule has 2 N–H and O–H groups in total. The van der Waals surface area contributed by atoms with Gasteiger partial charge in [0.1, 0.15) is 11.6 Å². The second-order valence-corrected chi connectivity index (χ2v) is 4.41. The molecule has 0 aliphatic carbocycles. The van der Waals surface area contributed by atoms with Crippen molar-refractivity contribution in [2.24, 2.45) is 0 Å². The number of benzene rings is 1. The van der Waals surface area contributed by atoms with Crippen LogP contribution in [-0.2, 0) is 6.54 Å². The Balaban J connectivity index is 2.34. The van der Waals surface area contributed by atoms with Gasteiger partial charge in [-0.15, -0.1) is 5.10 Å². The number of halogens is 2. The zero-order valence-electron chi connectivity index (χ0n) is 10.2. The molecule has 0 aliphatic rings. The van der Waals surface area contributed by atoms with E-state index >= 15 is 0 Å². The average Bonchev–Trinajstić information content (AvgIpc) is 2.64. The van der Waals surface area contributed by atoms with Gasteiger partial charge in [0.25, 0.3) is 0 Å². The van der Waals surface area contributed by atoms with Crippen molar-refractivity contribution in [2.45, 2.75) is 26.3 Å². The van der Waals surface area contributed by atoms with Crippen molar-refractivity contribution in [3.63, 3.8) is 0 Å². The molecule has 18 heavy (non-hydrogen) atoms. The van der Waals surface area contributed by atoms with E-state index in [1.807, 2.05) is 13.8 Å². The summed E-state index contributed by atoms with van der Waals surface area (Å²) in [5, 5.41) is 7.65. The number of aromatic nitrogens is 3. The molecule has 0 saturated carbocycles. The van der Waals surface area contributed by atoms with E-state index in [1.165, 1.54) is 16.8 Å². The zero-order chi connectivity index (χ0) is 13.3. The van der Waals surface area contributed by atoms with Crippen LogP contribution in [0.25, 0.3) is 0 Å². The molecule has 4 nitrogen and oxygen atoms in total. The number of nitrogens with two attached hydrogens (primary N) is 1. The lowest BCUT2D eigenvalue weighted by molar-refractivity contribution is 0.542. The van der Waals surface area contributed by atoms with Crippen molar-refractivity contribution in [3.8, 4) is 0 Å². The summed E-state index contributed by atoms with van der Waals surface area (Å²) in [6.07, 6.45) is 0. The summed E-state index contributed by atoms with van der Waals surface area (Å²) in [5.74, 6) is -0.728. The Kier molecular flexibility index (Phi) is 3.27. The van der Waals surface area contributed by atoms with E-state index in [9.17, 15) is 8.78 Å². The molecule has 0 aliphatic heterocycles. The third kappa shape index (κ3) is 2.32. The van der Waals surface area contributed by atoms with Gasteiger partial charge in [-0.05, 0) is 12.0 Å². The first-order valence-electron chi connectivity index (χ1n) is 5.62. The number of nitrogen functional groups attached to an aromatic ring is 1. The van der Waals surface area contributed by atoms with Crippen LogP contribution in [0.3, 0.4) is 0 Å². The minimum Gasteiger partial charge on any atom is -0.381 e. The van der Waals surface area contributed by atoms with E-state index < -0.39 is 11.6 Å². The highest BCUT2D eigenvalue weighted by Gasteiger charge is 2.15. The van der Waals surface area contributed by atoms with Gasteiger partial charge < -0.3 is 5.73 Å². The SMILES string of the molecule is CC(C)c1c(N)nnn1Cc1ccc(F)cc1F. The molecule has 0 fully saturated rings. The minimum atomic E-state index is -0.599. The molecule has 2 aromatic rings. The van der Waals surface area contributed by atoms with Crippen molar-refractivity contribution in [3.05, 3.63) is 41.1 Å². The second-order valence-electron chi connectivity index (χ2n) is 4.41. The van der Waals surface area contributed by atoms with Crippen LogP contribution in [0.2, 0.25) is 0 Å². The number of anilines is 1. The van der Waals surface area contributed by atoms with Crippen molar-refractivity contribution in [1.82, 2.24) is 15.0 Å². The molecule has 0 amide bonds. The minimum absolute atomic E-state index is 0.128. The molecule has 2 rings (SSSR count). The lowest BCUT2D eigenvalue weighted by Gasteiger charge is -2.10. The normalized spacial score (nSPS) is 11.2. The topological polar surface area (TPSA) is 56.7 Å². The molecule has 0 unspecified atom stereocenters. The fraction of sp³-hybridized carbons (Fsp3) is 0.333. The van der Waals surface area contributed by atoms with Crippen LogP contribution in [-0.4, -0.2) is 15.0 Å². The summed E-state index contributed by atoms with van der Waals surface area (Å²) in [7, 11) is 0. The molecule has 1 aromatic heterocycles. The molecular weight excluding hydrogens is 238 g/mol. The third-order valence-corrected chi connectivity index (χ3v) is 2.68. The first kappa shape index (κ1) is 12.5. The van der Waals surface area contributed by atoms with Gasteiger partial charge in [0.15, 0.2) is 5.82 Å². The maximum Gasteiger partial charge on any atom is 0.169 e.